The smallest absolute Gasteiger partial charge is 0.311 e. The third kappa shape index (κ3) is 4.71. The Morgan fingerprint density at radius 2 is 1.87 bits per heavy atom. The maximum atomic E-state index is 12.7. The average molecular weight is 537 g/mol. The highest BCUT2D eigenvalue weighted by atomic mass is 16.5. The Balaban J connectivity index is 1.44. The second kappa shape index (κ2) is 10.5. The van der Waals surface area contributed by atoms with Crippen LogP contribution in [0.3, 0.4) is 0 Å². The number of aliphatic hydroxyl groups is 1. The Morgan fingerprint density at radius 3 is 2.59 bits per heavy atom. The number of carbonyl (C=O) groups excluding carboxylic acids is 1. The van der Waals surface area contributed by atoms with Crippen LogP contribution in [0, 0.1) is 51.2 Å². The molecule has 3 nitrogen and oxygen atoms in total. The molecule has 5 aliphatic rings. The summed E-state index contributed by atoms with van der Waals surface area (Å²) < 4.78 is 6.07. The summed E-state index contributed by atoms with van der Waals surface area (Å²) >= 11 is 0. The van der Waals surface area contributed by atoms with Gasteiger partial charge in [-0.25, -0.2) is 0 Å². The minimum absolute atomic E-state index is 0.0746. The first-order chi connectivity index (χ1) is 18.4. The van der Waals surface area contributed by atoms with Gasteiger partial charge in [-0.3, -0.25) is 4.79 Å². The summed E-state index contributed by atoms with van der Waals surface area (Å²) in [6.07, 6.45) is 21.6. The predicted molar refractivity (Wildman–Crippen MR) is 160 cm³/mol. The van der Waals surface area contributed by atoms with Crippen LogP contribution in [0.1, 0.15) is 126 Å². The van der Waals surface area contributed by atoms with E-state index >= 15 is 0 Å². The lowest BCUT2D eigenvalue weighted by Gasteiger charge is -2.70. The number of hydrogen-bond donors (Lipinski definition) is 1. The fourth-order valence-electron chi connectivity index (χ4n) is 11.2. The van der Waals surface area contributed by atoms with Crippen LogP contribution in [0.15, 0.2) is 35.6 Å². The zero-order chi connectivity index (χ0) is 28.2. The van der Waals surface area contributed by atoms with Gasteiger partial charge >= 0.3 is 5.97 Å². The lowest BCUT2D eigenvalue weighted by molar-refractivity contribution is -0.192. The Hall–Kier alpha value is -1.35. The molecule has 0 aliphatic heterocycles. The van der Waals surface area contributed by atoms with Crippen molar-refractivity contribution < 1.29 is 14.6 Å². The first-order valence-corrected chi connectivity index (χ1v) is 16.3. The van der Waals surface area contributed by atoms with Gasteiger partial charge in [0.15, 0.2) is 0 Å². The highest BCUT2D eigenvalue weighted by Gasteiger charge is 2.66. The molecule has 5 rings (SSSR count). The maximum absolute atomic E-state index is 12.7. The molecule has 0 aromatic carbocycles. The Labute approximate surface area is 238 Å². The number of fused-ring (bicyclic) bond motifs is 7. The van der Waals surface area contributed by atoms with Crippen molar-refractivity contribution in [3.05, 3.63) is 35.6 Å². The monoisotopic (exact) mass is 536 g/mol. The van der Waals surface area contributed by atoms with Crippen LogP contribution < -0.4 is 0 Å². The molecule has 3 heteroatoms. The number of aliphatic hydroxyl groups excluding tert-OH is 1. The molecule has 3 saturated carbocycles. The molecule has 5 aliphatic carbocycles. The van der Waals surface area contributed by atoms with Crippen molar-refractivity contribution in [2.75, 3.05) is 0 Å². The summed E-state index contributed by atoms with van der Waals surface area (Å²) in [4.78, 5) is 12.7. The minimum atomic E-state index is -0.171. The zero-order valence-corrected chi connectivity index (χ0v) is 26.0. The van der Waals surface area contributed by atoms with Crippen molar-refractivity contribution in [2.45, 2.75) is 132 Å². The van der Waals surface area contributed by atoms with Gasteiger partial charge in [0, 0.05) is 12.3 Å². The largest absolute Gasteiger partial charge is 0.431 e. The number of carbonyl (C=O) groups is 1. The van der Waals surface area contributed by atoms with E-state index in [4.69, 9.17) is 4.74 Å². The van der Waals surface area contributed by atoms with Gasteiger partial charge in [0.05, 0.1) is 6.10 Å². The van der Waals surface area contributed by atoms with Gasteiger partial charge in [0.25, 0.3) is 0 Å². The molecule has 0 amide bonds. The van der Waals surface area contributed by atoms with Crippen LogP contribution in [-0.2, 0) is 9.53 Å². The topological polar surface area (TPSA) is 46.5 Å². The molecule has 0 saturated heterocycles. The van der Waals surface area contributed by atoms with Crippen LogP contribution in [0.4, 0.5) is 0 Å². The first kappa shape index (κ1) is 29.2. The van der Waals surface area contributed by atoms with Gasteiger partial charge in [-0.15, -0.1) is 0 Å². The Morgan fingerprint density at radius 1 is 1.10 bits per heavy atom. The average Bonchev–Trinajstić information content (AvgIpc) is 2.84. The molecule has 0 bridgehead atoms. The van der Waals surface area contributed by atoms with Gasteiger partial charge < -0.3 is 9.84 Å². The molecule has 0 unspecified atom stereocenters. The maximum Gasteiger partial charge on any atom is 0.311 e. The molecule has 0 heterocycles. The van der Waals surface area contributed by atoms with Gasteiger partial charge in [-0.1, -0.05) is 71.8 Å². The van der Waals surface area contributed by atoms with E-state index in [1.54, 1.807) is 5.57 Å². The number of hydrogen-bond acceptors (Lipinski definition) is 3. The second-order valence-corrected chi connectivity index (χ2v) is 15.5. The highest BCUT2D eigenvalue weighted by Crippen LogP contribution is 2.74. The van der Waals surface area contributed by atoms with E-state index in [9.17, 15) is 9.90 Å². The van der Waals surface area contributed by atoms with Crippen LogP contribution in [0.2, 0.25) is 0 Å². The van der Waals surface area contributed by atoms with E-state index in [0.29, 0.717) is 36.0 Å². The van der Waals surface area contributed by atoms with Crippen molar-refractivity contribution in [3.63, 3.8) is 0 Å². The zero-order valence-electron chi connectivity index (χ0n) is 26.0. The summed E-state index contributed by atoms with van der Waals surface area (Å²) in [6.45, 7) is 16.9. The lowest BCUT2D eigenvalue weighted by atomic mass is 9.35. The van der Waals surface area contributed by atoms with Gasteiger partial charge in [-0.05, 0) is 123 Å². The lowest BCUT2D eigenvalue weighted by Crippen LogP contribution is -2.63. The third-order valence-electron chi connectivity index (χ3n) is 13.0. The van der Waals surface area contributed by atoms with Crippen molar-refractivity contribution >= 4 is 5.97 Å². The third-order valence-corrected chi connectivity index (χ3v) is 13.0. The molecule has 39 heavy (non-hydrogen) atoms. The molecular weight excluding hydrogens is 480 g/mol. The molecule has 0 aromatic heterocycles. The van der Waals surface area contributed by atoms with Crippen LogP contribution in [0.25, 0.3) is 0 Å². The molecule has 1 N–H and O–H groups in total. The van der Waals surface area contributed by atoms with E-state index in [1.807, 2.05) is 19.1 Å². The summed E-state index contributed by atoms with van der Waals surface area (Å²) in [5.41, 5.74) is 2.61. The normalized spacial score (nSPS) is 44.8. The van der Waals surface area contributed by atoms with E-state index in [1.165, 1.54) is 25.7 Å². The van der Waals surface area contributed by atoms with Crippen LogP contribution in [0.5, 0.6) is 0 Å². The molecule has 0 aromatic rings. The highest BCUT2D eigenvalue weighted by molar-refractivity contribution is 5.70. The minimum Gasteiger partial charge on any atom is -0.431 e. The summed E-state index contributed by atoms with van der Waals surface area (Å²) in [7, 11) is 0. The molecule has 3 fully saturated rings. The molecule has 0 spiro atoms. The van der Waals surface area contributed by atoms with E-state index < -0.39 is 0 Å². The molecular formula is C36H56O3. The number of esters is 1. The quantitative estimate of drug-likeness (QED) is 0.272. The van der Waals surface area contributed by atoms with E-state index in [2.05, 4.69) is 53.7 Å². The van der Waals surface area contributed by atoms with E-state index in [-0.39, 0.29) is 33.7 Å². The first-order valence-electron chi connectivity index (χ1n) is 16.3. The van der Waals surface area contributed by atoms with Crippen LogP contribution >= 0.6 is 0 Å². The van der Waals surface area contributed by atoms with Crippen molar-refractivity contribution in [1.82, 2.24) is 0 Å². The van der Waals surface area contributed by atoms with Crippen molar-refractivity contribution in [3.8, 4) is 0 Å². The fourth-order valence-corrected chi connectivity index (χ4v) is 11.2. The van der Waals surface area contributed by atoms with Gasteiger partial charge in [0.2, 0.25) is 0 Å². The number of ether oxygens (including phenoxy) is 1. The Bertz CT molecular complexity index is 1030. The van der Waals surface area contributed by atoms with Gasteiger partial charge in [0.1, 0.15) is 5.76 Å². The standard InChI is InChI=1S/C36H56O3/c1-8-10-11-13-32(38)39-29-21-24-16-18-35(6)28(27(24)20-25(29)12-9-2)14-15-31-34(5)23-26(37)22-33(3,4)30(34)17-19-36(31,35)7/h8,10,14,21,24-27,30-31,37H,9,11-13,15-20,22-23H2,1-7H3/b10-8+/t24-,25-,26-,27+,30-,31+,34-,35+,36+/m0/s1. The van der Waals surface area contributed by atoms with Crippen molar-refractivity contribution in [2.24, 2.45) is 51.2 Å². The van der Waals surface area contributed by atoms with E-state index in [0.717, 1.165) is 50.7 Å². The number of allylic oxidation sites excluding steroid dienone is 6. The van der Waals surface area contributed by atoms with Gasteiger partial charge in [-0.2, -0.15) is 0 Å². The molecule has 9 atom stereocenters. The SMILES string of the molecule is C/C=C/CCC(=O)OC1=C[C@@H]2CC[C@]3(C)C(=CC[C@@H]4[C@@]5(C)C[C@@H](O)CC(C)(C)[C@@H]5CC[C@]43C)[C@@H]2C[C@@H]1CCC. The predicted octanol–water partition coefficient (Wildman–Crippen LogP) is 9.17. The molecule has 0 radical (unpaired) electrons. The fraction of sp³-hybridized carbons (Fsp3) is 0.806. The van der Waals surface area contributed by atoms with Crippen LogP contribution in [-0.4, -0.2) is 17.2 Å². The summed E-state index contributed by atoms with van der Waals surface area (Å²) in [6, 6.07) is 0. The molecule has 218 valence electrons. The summed E-state index contributed by atoms with van der Waals surface area (Å²) in [5, 5.41) is 11.0. The van der Waals surface area contributed by atoms with Crippen molar-refractivity contribution in [1.29, 1.82) is 0 Å². The summed E-state index contributed by atoms with van der Waals surface area (Å²) in [5.74, 6) is 3.62. The number of rotatable bonds is 6. The Kier molecular flexibility index (Phi) is 7.84. The second-order valence-electron chi connectivity index (χ2n) is 15.5.